The number of benzene rings is 2. The van der Waals surface area contributed by atoms with Crippen molar-refractivity contribution in [1.82, 2.24) is 25.8 Å². The van der Waals surface area contributed by atoms with Gasteiger partial charge >= 0.3 is 0 Å². The summed E-state index contributed by atoms with van der Waals surface area (Å²) in [5, 5.41) is 8.12. The van der Waals surface area contributed by atoms with Crippen molar-refractivity contribution >= 4 is 23.6 Å². The first kappa shape index (κ1) is 26.2. The van der Waals surface area contributed by atoms with Crippen molar-refractivity contribution in [2.75, 3.05) is 20.1 Å². The number of rotatable bonds is 9. The summed E-state index contributed by atoms with van der Waals surface area (Å²) in [5.74, 6) is -1.44. The summed E-state index contributed by atoms with van der Waals surface area (Å²) in [6.45, 7) is 3.03. The van der Waals surface area contributed by atoms with Gasteiger partial charge in [0, 0.05) is 29.7 Å². The molecule has 220 valence electrons. The van der Waals surface area contributed by atoms with Crippen molar-refractivity contribution < 1.29 is 23.3 Å². The average molecular weight is 565 g/mol. The molecule has 3 N–H and O–H groups in total. The van der Waals surface area contributed by atoms with Gasteiger partial charge < -0.3 is 25.8 Å². The molecule has 2 saturated heterocycles. The monoisotopic (exact) mass is 564 g/mol. The van der Waals surface area contributed by atoms with Crippen LogP contribution in [-0.2, 0) is 19.2 Å². The molecule has 0 bridgehead atoms. The Bertz CT molecular complexity index is 1270. The normalized spacial score (nSPS) is 23.1. The van der Waals surface area contributed by atoms with Gasteiger partial charge in [0.2, 0.25) is 23.6 Å². The number of hydrogen-bond donors (Lipinski definition) is 3. The smallest absolute Gasteiger partial charge is 0.247 e. The van der Waals surface area contributed by atoms with Gasteiger partial charge in [-0.1, -0.05) is 74.5 Å². The molecule has 0 radical (unpaired) electrons. The quantitative estimate of drug-likeness (QED) is 0.434. The van der Waals surface area contributed by atoms with E-state index >= 15 is 0 Å². The standard InChI is InChI=1S/C32H43N5O4/c1-21(2)19-28(38)36-18-17-25-15-16-27(37(25)32(41)26(20-36)34-30(39)22(3)33-4)31(40)35-29(23-11-7-5-8-12-23)24-13-9-6-10-14-24/h5-14,21-22,25-27,29,33H,15-20H2,1-4H3,(H,34,39)(H,35,40)/t22-,25+,26-,27-/m0/s1/i4D3. The first-order chi connectivity index (χ1) is 20.8. The minimum Gasteiger partial charge on any atom is -0.343 e. The van der Waals surface area contributed by atoms with Gasteiger partial charge in [-0.05, 0) is 50.2 Å². The van der Waals surface area contributed by atoms with E-state index in [4.69, 9.17) is 4.11 Å². The molecule has 9 heteroatoms. The van der Waals surface area contributed by atoms with Crippen LogP contribution in [-0.4, -0.2) is 77.7 Å². The van der Waals surface area contributed by atoms with Gasteiger partial charge in [-0.3, -0.25) is 19.2 Å². The zero-order valence-electron chi connectivity index (χ0n) is 27.0. The number of nitrogens with zero attached hydrogens (tertiary/aromatic N) is 2. The lowest BCUT2D eigenvalue weighted by molar-refractivity contribution is -0.147. The molecule has 4 atom stereocenters. The van der Waals surface area contributed by atoms with Gasteiger partial charge in [0.1, 0.15) is 12.1 Å². The van der Waals surface area contributed by atoms with Gasteiger partial charge in [0.05, 0.1) is 12.1 Å². The third kappa shape index (κ3) is 7.33. The highest BCUT2D eigenvalue weighted by atomic mass is 16.2. The van der Waals surface area contributed by atoms with Crippen LogP contribution < -0.4 is 16.0 Å². The summed E-state index contributed by atoms with van der Waals surface area (Å²) in [7, 11) is 0. The fraction of sp³-hybridized carbons (Fsp3) is 0.500. The second-order valence-electron chi connectivity index (χ2n) is 11.4. The first-order valence-corrected chi connectivity index (χ1v) is 14.4. The lowest BCUT2D eigenvalue weighted by Gasteiger charge is -2.39. The van der Waals surface area contributed by atoms with Crippen LogP contribution in [0.4, 0.5) is 0 Å². The molecule has 9 nitrogen and oxygen atoms in total. The average Bonchev–Trinajstić information content (AvgIpc) is 3.39. The van der Waals surface area contributed by atoms with E-state index < -0.39 is 43.0 Å². The Kier molecular flexibility index (Phi) is 8.79. The molecule has 0 unspecified atom stereocenters. The minimum atomic E-state index is -2.56. The fourth-order valence-corrected chi connectivity index (χ4v) is 5.69. The van der Waals surface area contributed by atoms with Gasteiger partial charge in [-0.2, -0.15) is 0 Å². The van der Waals surface area contributed by atoms with Crippen molar-refractivity contribution in [2.24, 2.45) is 5.92 Å². The number of nitrogens with one attached hydrogen (secondary N) is 3. The highest BCUT2D eigenvalue weighted by Gasteiger charge is 2.46. The maximum Gasteiger partial charge on any atom is 0.247 e. The van der Waals surface area contributed by atoms with Gasteiger partial charge in [0.15, 0.2) is 0 Å². The number of amides is 4. The zero-order chi connectivity index (χ0) is 32.0. The van der Waals surface area contributed by atoms with Crippen LogP contribution in [0.2, 0.25) is 0 Å². The first-order valence-electron chi connectivity index (χ1n) is 15.9. The molecule has 0 aliphatic carbocycles. The summed E-state index contributed by atoms with van der Waals surface area (Å²) < 4.78 is 22.4. The van der Waals surface area contributed by atoms with Gasteiger partial charge in [-0.25, -0.2) is 0 Å². The Morgan fingerprint density at radius 2 is 1.59 bits per heavy atom. The molecule has 2 aromatic carbocycles. The Labute approximate surface area is 247 Å². The molecule has 2 aliphatic heterocycles. The molecule has 2 aliphatic rings. The van der Waals surface area contributed by atoms with E-state index in [2.05, 4.69) is 16.0 Å². The number of fused-ring (bicyclic) bond motifs is 1. The molecule has 0 aromatic heterocycles. The van der Waals surface area contributed by atoms with Crippen LogP contribution in [0.25, 0.3) is 0 Å². The highest BCUT2D eigenvalue weighted by molar-refractivity contribution is 5.94. The largest absolute Gasteiger partial charge is 0.343 e. The Morgan fingerprint density at radius 1 is 0.951 bits per heavy atom. The maximum atomic E-state index is 14.2. The highest BCUT2D eigenvalue weighted by Crippen LogP contribution is 2.31. The van der Waals surface area contributed by atoms with Crippen molar-refractivity contribution in [3.05, 3.63) is 71.8 Å². The van der Waals surface area contributed by atoms with E-state index in [0.717, 1.165) is 11.1 Å². The topological polar surface area (TPSA) is 111 Å². The SMILES string of the molecule is [2H]C([2H])([2H])N[C@@H](C)C(=O)N[C@H]1CN(C(=O)CC(C)C)CC[C@H]2CC[C@@H](C(=O)NC(c3ccccc3)c3ccccc3)N2C1=O. The molecular formula is C32H43N5O4. The summed E-state index contributed by atoms with van der Waals surface area (Å²) in [5.41, 5.74) is 1.81. The van der Waals surface area contributed by atoms with Crippen molar-refractivity contribution in [2.45, 2.75) is 76.7 Å². The minimum absolute atomic E-state index is 0.0647. The third-order valence-corrected chi connectivity index (χ3v) is 7.91. The van der Waals surface area contributed by atoms with E-state index in [1.807, 2.05) is 74.5 Å². The Balaban J connectivity index is 1.60. The van der Waals surface area contributed by atoms with Crippen LogP contribution in [0.5, 0.6) is 0 Å². The number of likely N-dealkylation sites (N-methyl/N-ethyl adjacent to an activating group) is 1. The van der Waals surface area contributed by atoms with Gasteiger partial charge in [0.25, 0.3) is 0 Å². The second kappa shape index (κ2) is 13.8. The van der Waals surface area contributed by atoms with E-state index in [1.165, 1.54) is 6.92 Å². The van der Waals surface area contributed by atoms with E-state index in [0.29, 0.717) is 32.2 Å². The molecular weight excluding hydrogens is 518 g/mol. The fourth-order valence-electron chi connectivity index (χ4n) is 5.69. The van der Waals surface area contributed by atoms with Crippen LogP contribution in [0.15, 0.2) is 60.7 Å². The van der Waals surface area contributed by atoms with Crippen LogP contribution in [0, 0.1) is 5.92 Å². The lowest BCUT2D eigenvalue weighted by Crippen LogP contribution is -2.62. The van der Waals surface area contributed by atoms with Crippen LogP contribution in [0.3, 0.4) is 0 Å². The third-order valence-electron chi connectivity index (χ3n) is 7.91. The van der Waals surface area contributed by atoms with E-state index in [1.54, 1.807) is 9.80 Å². The molecule has 2 aromatic rings. The summed E-state index contributed by atoms with van der Waals surface area (Å²) in [4.78, 5) is 57.6. The number of carbonyl (C=O) groups is 4. The van der Waals surface area contributed by atoms with Crippen LogP contribution >= 0.6 is 0 Å². The molecule has 0 spiro atoms. The van der Waals surface area contributed by atoms with E-state index in [9.17, 15) is 19.2 Å². The van der Waals surface area contributed by atoms with Crippen molar-refractivity contribution in [3.8, 4) is 0 Å². The van der Waals surface area contributed by atoms with Crippen LogP contribution in [0.1, 0.15) is 67.7 Å². The molecule has 2 fully saturated rings. The van der Waals surface area contributed by atoms with Crippen molar-refractivity contribution in [3.63, 3.8) is 0 Å². The Hall–Kier alpha value is -3.72. The summed E-state index contributed by atoms with van der Waals surface area (Å²) in [6, 6.07) is 15.5. The molecule has 41 heavy (non-hydrogen) atoms. The molecule has 2 heterocycles. The summed E-state index contributed by atoms with van der Waals surface area (Å²) in [6.07, 6.45) is 1.83. The van der Waals surface area contributed by atoms with E-state index in [-0.39, 0.29) is 30.3 Å². The molecule has 4 rings (SSSR count). The second-order valence-corrected chi connectivity index (χ2v) is 11.4. The lowest BCUT2D eigenvalue weighted by atomic mass is 9.98. The van der Waals surface area contributed by atoms with Gasteiger partial charge in [-0.15, -0.1) is 0 Å². The molecule has 0 saturated carbocycles. The predicted molar refractivity (Wildman–Crippen MR) is 158 cm³/mol. The zero-order valence-corrected chi connectivity index (χ0v) is 24.0. The Morgan fingerprint density at radius 3 is 2.17 bits per heavy atom. The number of hydrogen-bond acceptors (Lipinski definition) is 5. The summed E-state index contributed by atoms with van der Waals surface area (Å²) >= 11 is 0. The maximum absolute atomic E-state index is 14.2. The predicted octanol–water partition coefficient (Wildman–Crippen LogP) is 2.62. The molecule has 4 amide bonds. The van der Waals surface area contributed by atoms with Crippen molar-refractivity contribution in [1.29, 1.82) is 0 Å². The number of carbonyl (C=O) groups excluding carboxylic acids is 4.